The third kappa shape index (κ3) is 5.82. The topological polar surface area (TPSA) is 96.5 Å². The highest BCUT2D eigenvalue weighted by molar-refractivity contribution is 9.10. The molecular formula is C23H24BrN5O3. The van der Waals surface area contributed by atoms with Gasteiger partial charge < -0.3 is 15.0 Å². The van der Waals surface area contributed by atoms with E-state index in [0.717, 1.165) is 28.8 Å². The van der Waals surface area contributed by atoms with Crippen LogP contribution in [0.4, 0.5) is 16.2 Å². The van der Waals surface area contributed by atoms with Crippen molar-refractivity contribution in [3.8, 4) is 11.8 Å². The van der Waals surface area contributed by atoms with Gasteiger partial charge in [-0.3, -0.25) is 10.1 Å². The first-order chi connectivity index (χ1) is 15.4. The van der Waals surface area contributed by atoms with Crippen LogP contribution in [0.15, 0.2) is 59.3 Å². The minimum atomic E-state index is -0.640. The zero-order valence-electron chi connectivity index (χ0n) is 18.1. The van der Waals surface area contributed by atoms with Crippen molar-refractivity contribution in [1.82, 2.24) is 15.3 Å². The summed E-state index contributed by atoms with van der Waals surface area (Å²) in [5.74, 6) is 0.0141. The Morgan fingerprint density at radius 3 is 2.44 bits per heavy atom. The molecule has 166 valence electrons. The molecule has 9 heteroatoms. The molecule has 0 aliphatic rings. The maximum atomic E-state index is 12.7. The summed E-state index contributed by atoms with van der Waals surface area (Å²) in [6.45, 7) is 7.40. The average molecular weight is 498 g/mol. The summed E-state index contributed by atoms with van der Waals surface area (Å²) in [6, 6.07) is 11.9. The summed E-state index contributed by atoms with van der Waals surface area (Å²) < 4.78 is 6.45. The van der Waals surface area contributed by atoms with Gasteiger partial charge >= 0.3 is 12.0 Å². The summed E-state index contributed by atoms with van der Waals surface area (Å²) in [7, 11) is 0. The number of carbonyl (C=O) groups excluding carboxylic acids is 2. The number of urea groups is 1. The van der Waals surface area contributed by atoms with E-state index in [4.69, 9.17) is 4.74 Å². The minimum absolute atomic E-state index is 0.182. The van der Waals surface area contributed by atoms with Crippen LogP contribution >= 0.6 is 15.9 Å². The molecule has 0 spiro atoms. The Bertz CT molecular complexity index is 1100. The standard InChI is InChI=1S/C23H24BrN5O3/c1-4-29(5-2)19-9-7-6-8-18(19)21(30)28-22(31)27-17-11-10-15(3)20(12-17)32-23-25-13-16(24)14-26-23/h6-14H,4-5H2,1-3H3,(H2,27,28,30,31). The molecule has 0 bridgehead atoms. The maximum Gasteiger partial charge on any atom is 0.326 e. The summed E-state index contributed by atoms with van der Waals surface area (Å²) in [6.07, 6.45) is 3.16. The van der Waals surface area contributed by atoms with Gasteiger partial charge in [0.15, 0.2) is 0 Å². The Kier molecular flexibility index (Phi) is 7.77. The highest BCUT2D eigenvalue weighted by atomic mass is 79.9. The SMILES string of the molecule is CCN(CC)c1ccccc1C(=O)NC(=O)Nc1ccc(C)c(Oc2ncc(Br)cn2)c1. The number of aryl methyl sites for hydroxylation is 1. The maximum absolute atomic E-state index is 12.7. The molecule has 0 aliphatic heterocycles. The number of carbonyl (C=O) groups is 2. The lowest BCUT2D eigenvalue weighted by atomic mass is 10.1. The molecule has 0 fully saturated rings. The predicted molar refractivity (Wildman–Crippen MR) is 127 cm³/mol. The lowest BCUT2D eigenvalue weighted by Gasteiger charge is -2.23. The van der Waals surface area contributed by atoms with Crippen LogP contribution in [-0.4, -0.2) is 35.0 Å². The first-order valence-electron chi connectivity index (χ1n) is 10.1. The van der Waals surface area contributed by atoms with Crippen molar-refractivity contribution in [2.45, 2.75) is 20.8 Å². The molecule has 0 saturated heterocycles. The Morgan fingerprint density at radius 1 is 1.06 bits per heavy atom. The van der Waals surface area contributed by atoms with Crippen LogP contribution in [0.25, 0.3) is 0 Å². The Labute approximate surface area is 195 Å². The zero-order valence-corrected chi connectivity index (χ0v) is 19.6. The van der Waals surface area contributed by atoms with Crippen LogP contribution in [0.1, 0.15) is 29.8 Å². The van der Waals surface area contributed by atoms with Gasteiger partial charge in [0.05, 0.1) is 10.0 Å². The molecule has 3 amide bonds. The third-order valence-electron chi connectivity index (χ3n) is 4.72. The number of ether oxygens (including phenoxy) is 1. The third-order valence-corrected chi connectivity index (χ3v) is 5.13. The van der Waals surface area contributed by atoms with Crippen LogP contribution in [0, 0.1) is 6.92 Å². The summed E-state index contributed by atoms with van der Waals surface area (Å²) >= 11 is 3.28. The van der Waals surface area contributed by atoms with Crippen molar-refractivity contribution in [1.29, 1.82) is 0 Å². The van der Waals surface area contributed by atoms with Gasteiger partial charge in [0, 0.05) is 42.9 Å². The number of imide groups is 1. The summed E-state index contributed by atoms with van der Waals surface area (Å²) in [5.41, 5.74) is 2.52. The highest BCUT2D eigenvalue weighted by Gasteiger charge is 2.17. The Hall–Kier alpha value is -3.46. The van der Waals surface area contributed by atoms with Crippen molar-refractivity contribution < 1.29 is 14.3 Å². The molecule has 0 radical (unpaired) electrons. The smallest absolute Gasteiger partial charge is 0.326 e. The molecule has 8 nitrogen and oxygen atoms in total. The number of hydrogen-bond donors (Lipinski definition) is 2. The van der Waals surface area contributed by atoms with Crippen molar-refractivity contribution in [3.05, 3.63) is 70.5 Å². The van der Waals surface area contributed by atoms with Gasteiger partial charge in [-0.25, -0.2) is 14.8 Å². The van der Waals surface area contributed by atoms with Gasteiger partial charge in [-0.05, 0) is 60.5 Å². The van der Waals surface area contributed by atoms with E-state index in [1.807, 2.05) is 32.9 Å². The van der Waals surface area contributed by atoms with Crippen LogP contribution in [-0.2, 0) is 0 Å². The van der Waals surface area contributed by atoms with Crippen molar-refractivity contribution in [3.63, 3.8) is 0 Å². The molecule has 0 saturated carbocycles. The van der Waals surface area contributed by atoms with Gasteiger partial charge in [0.2, 0.25) is 0 Å². The lowest BCUT2D eigenvalue weighted by molar-refractivity contribution is 0.0967. The molecule has 0 unspecified atom stereocenters. The molecule has 0 atom stereocenters. The van der Waals surface area contributed by atoms with Crippen LogP contribution in [0.2, 0.25) is 0 Å². The van der Waals surface area contributed by atoms with E-state index in [0.29, 0.717) is 17.0 Å². The summed E-state index contributed by atoms with van der Waals surface area (Å²) in [4.78, 5) is 35.5. The molecule has 2 aromatic carbocycles. The van der Waals surface area contributed by atoms with Gasteiger partial charge in [0.1, 0.15) is 5.75 Å². The summed E-state index contributed by atoms with van der Waals surface area (Å²) in [5, 5.41) is 5.06. The number of para-hydroxylation sites is 1. The van der Waals surface area contributed by atoms with Gasteiger partial charge in [-0.1, -0.05) is 18.2 Å². The number of aromatic nitrogens is 2. The minimum Gasteiger partial charge on any atom is -0.424 e. The molecular weight excluding hydrogens is 474 g/mol. The molecule has 1 heterocycles. The second-order valence-corrected chi connectivity index (χ2v) is 7.78. The van der Waals surface area contributed by atoms with E-state index in [2.05, 4.69) is 41.4 Å². The molecule has 1 aromatic heterocycles. The normalized spacial score (nSPS) is 10.4. The number of halogens is 1. The van der Waals surface area contributed by atoms with E-state index in [1.165, 1.54) is 0 Å². The predicted octanol–water partition coefficient (Wildman–Crippen LogP) is 5.15. The largest absolute Gasteiger partial charge is 0.424 e. The van der Waals surface area contributed by atoms with Crippen molar-refractivity contribution in [2.24, 2.45) is 0 Å². The number of rotatable bonds is 7. The average Bonchev–Trinajstić information content (AvgIpc) is 2.78. The number of benzene rings is 2. The molecule has 3 rings (SSSR count). The number of nitrogens with one attached hydrogen (secondary N) is 2. The Morgan fingerprint density at radius 2 is 1.75 bits per heavy atom. The Balaban J connectivity index is 1.70. The number of anilines is 2. The van der Waals surface area contributed by atoms with Gasteiger partial charge in [-0.2, -0.15) is 0 Å². The molecule has 0 aliphatic carbocycles. The van der Waals surface area contributed by atoms with Crippen LogP contribution < -0.4 is 20.3 Å². The molecule has 3 aromatic rings. The lowest BCUT2D eigenvalue weighted by Crippen LogP contribution is -2.35. The van der Waals surface area contributed by atoms with Crippen LogP contribution in [0.3, 0.4) is 0 Å². The van der Waals surface area contributed by atoms with E-state index >= 15 is 0 Å². The van der Waals surface area contributed by atoms with E-state index in [9.17, 15) is 9.59 Å². The monoisotopic (exact) mass is 497 g/mol. The fourth-order valence-corrected chi connectivity index (χ4v) is 3.28. The fourth-order valence-electron chi connectivity index (χ4n) is 3.08. The molecule has 2 N–H and O–H groups in total. The first kappa shape index (κ1) is 23.2. The zero-order chi connectivity index (χ0) is 23.1. The quantitative estimate of drug-likeness (QED) is 0.468. The van der Waals surface area contributed by atoms with Crippen LogP contribution in [0.5, 0.6) is 11.8 Å². The van der Waals surface area contributed by atoms with Crippen molar-refractivity contribution >= 4 is 39.2 Å². The van der Waals surface area contributed by atoms with E-state index < -0.39 is 11.9 Å². The van der Waals surface area contributed by atoms with E-state index in [1.54, 1.807) is 42.7 Å². The van der Waals surface area contributed by atoms with E-state index in [-0.39, 0.29) is 6.01 Å². The number of nitrogens with zero attached hydrogens (tertiary/aromatic N) is 3. The van der Waals surface area contributed by atoms with Gasteiger partial charge in [-0.15, -0.1) is 0 Å². The number of hydrogen-bond acceptors (Lipinski definition) is 6. The van der Waals surface area contributed by atoms with Gasteiger partial charge in [0.25, 0.3) is 5.91 Å². The first-order valence-corrected chi connectivity index (χ1v) is 10.9. The highest BCUT2D eigenvalue weighted by Crippen LogP contribution is 2.26. The molecule has 32 heavy (non-hydrogen) atoms. The second kappa shape index (κ2) is 10.7. The number of amides is 3. The van der Waals surface area contributed by atoms with Crippen molar-refractivity contribution in [2.75, 3.05) is 23.3 Å². The fraction of sp³-hybridized carbons (Fsp3) is 0.217. The second-order valence-electron chi connectivity index (χ2n) is 6.86.